The number of carbonyl (C=O) groups is 2. The fourth-order valence-electron chi connectivity index (χ4n) is 2.46. The highest BCUT2D eigenvalue weighted by Crippen LogP contribution is 2.30. The molecule has 8 heteroatoms. The summed E-state index contributed by atoms with van der Waals surface area (Å²) in [5, 5.41) is 3.48. The minimum atomic E-state index is -0.446. The first-order chi connectivity index (χ1) is 13.5. The van der Waals surface area contributed by atoms with Gasteiger partial charge >= 0.3 is 5.97 Å². The van der Waals surface area contributed by atoms with Gasteiger partial charge in [-0.3, -0.25) is 4.79 Å². The molecular formula is C20H20N2O5S. The van der Waals surface area contributed by atoms with Crippen molar-refractivity contribution in [1.29, 1.82) is 0 Å². The molecule has 28 heavy (non-hydrogen) atoms. The third kappa shape index (κ3) is 4.77. The van der Waals surface area contributed by atoms with Crippen molar-refractivity contribution in [1.82, 2.24) is 4.98 Å². The van der Waals surface area contributed by atoms with Crippen molar-refractivity contribution in [3.8, 4) is 16.5 Å². The fraction of sp³-hybridized carbons (Fsp3) is 0.250. The molecule has 1 aromatic carbocycles. The normalized spacial score (nSPS) is 10.5. The van der Waals surface area contributed by atoms with Gasteiger partial charge in [0.1, 0.15) is 16.4 Å². The molecule has 3 rings (SSSR count). The first-order valence-corrected chi connectivity index (χ1v) is 9.52. The highest BCUT2D eigenvalue weighted by molar-refractivity contribution is 7.17. The van der Waals surface area contributed by atoms with E-state index in [1.165, 1.54) is 11.3 Å². The predicted molar refractivity (Wildman–Crippen MR) is 106 cm³/mol. The molecule has 7 nitrogen and oxygen atoms in total. The van der Waals surface area contributed by atoms with Crippen LogP contribution in [0.1, 0.15) is 28.0 Å². The molecular weight excluding hydrogens is 380 g/mol. The molecule has 0 spiro atoms. The average molecular weight is 400 g/mol. The van der Waals surface area contributed by atoms with Crippen molar-refractivity contribution in [3.05, 3.63) is 52.7 Å². The van der Waals surface area contributed by atoms with Gasteiger partial charge in [-0.2, -0.15) is 0 Å². The Bertz CT molecular complexity index is 992. The Morgan fingerprint density at radius 3 is 2.75 bits per heavy atom. The number of nitrogens with one attached hydrogen (secondary N) is 1. The lowest BCUT2D eigenvalue weighted by Crippen LogP contribution is -2.15. The lowest BCUT2D eigenvalue weighted by Gasteiger charge is -2.08. The van der Waals surface area contributed by atoms with Crippen LogP contribution in [0.5, 0.6) is 5.75 Å². The second-order valence-corrected chi connectivity index (χ2v) is 6.92. The number of furan rings is 1. The number of amides is 1. The Balaban J connectivity index is 1.69. The molecule has 0 atom stereocenters. The summed E-state index contributed by atoms with van der Waals surface area (Å²) in [7, 11) is 0. The molecule has 0 aliphatic heterocycles. The molecule has 1 amide bonds. The zero-order valence-electron chi connectivity index (χ0n) is 15.8. The molecule has 0 aliphatic carbocycles. The van der Waals surface area contributed by atoms with Gasteiger partial charge in [0.25, 0.3) is 5.91 Å². The molecule has 3 aromatic rings. The first-order valence-electron chi connectivity index (χ1n) is 8.70. The molecule has 0 fully saturated rings. The lowest BCUT2D eigenvalue weighted by atomic mass is 10.3. The molecule has 146 valence electrons. The van der Waals surface area contributed by atoms with Crippen LogP contribution in [0.25, 0.3) is 10.8 Å². The summed E-state index contributed by atoms with van der Waals surface area (Å²) < 4.78 is 15.8. The Morgan fingerprint density at radius 2 is 2.04 bits per heavy atom. The van der Waals surface area contributed by atoms with E-state index in [4.69, 9.17) is 13.9 Å². The molecule has 0 aliphatic rings. The van der Waals surface area contributed by atoms with Crippen LogP contribution in [0.3, 0.4) is 0 Å². The summed E-state index contributed by atoms with van der Waals surface area (Å²) in [6, 6.07) is 10.5. The topological polar surface area (TPSA) is 90.7 Å². The SMILES string of the molecule is CCOC(=O)COc1cccc(NC(=O)c2sc(-c3ccc(C)o3)nc2C)c1. The van der Waals surface area contributed by atoms with Gasteiger partial charge in [-0.05, 0) is 45.0 Å². The minimum absolute atomic E-state index is 0.189. The van der Waals surface area contributed by atoms with Gasteiger partial charge in [0, 0.05) is 11.8 Å². The molecule has 2 heterocycles. The van der Waals surface area contributed by atoms with Gasteiger partial charge in [-0.1, -0.05) is 6.07 Å². The van der Waals surface area contributed by atoms with Gasteiger partial charge in [0.2, 0.25) is 0 Å². The van der Waals surface area contributed by atoms with Crippen LogP contribution in [-0.4, -0.2) is 30.1 Å². The summed E-state index contributed by atoms with van der Waals surface area (Å²) in [5.41, 5.74) is 1.18. The minimum Gasteiger partial charge on any atom is -0.482 e. The number of nitrogens with zero attached hydrogens (tertiary/aromatic N) is 1. The zero-order valence-corrected chi connectivity index (χ0v) is 16.6. The van der Waals surface area contributed by atoms with Gasteiger partial charge in [-0.25, -0.2) is 9.78 Å². The summed E-state index contributed by atoms with van der Waals surface area (Å²) in [6.07, 6.45) is 0. The van der Waals surface area contributed by atoms with Crippen LogP contribution in [0.4, 0.5) is 5.69 Å². The Morgan fingerprint density at radius 1 is 1.21 bits per heavy atom. The maximum Gasteiger partial charge on any atom is 0.344 e. The Hall–Kier alpha value is -3.13. The van der Waals surface area contributed by atoms with E-state index in [0.29, 0.717) is 39.4 Å². The van der Waals surface area contributed by atoms with Crippen LogP contribution < -0.4 is 10.1 Å². The largest absolute Gasteiger partial charge is 0.482 e. The Kier molecular flexibility index (Phi) is 6.10. The molecule has 1 N–H and O–H groups in total. The van der Waals surface area contributed by atoms with Gasteiger partial charge in [-0.15, -0.1) is 11.3 Å². The van der Waals surface area contributed by atoms with Crippen LogP contribution in [-0.2, 0) is 9.53 Å². The summed E-state index contributed by atoms with van der Waals surface area (Å²) in [4.78, 5) is 29.0. The van der Waals surface area contributed by atoms with Crippen molar-refractivity contribution in [2.45, 2.75) is 20.8 Å². The van der Waals surface area contributed by atoms with Crippen LogP contribution in [0.2, 0.25) is 0 Å². The number of ether oxygens (including phenoxy) is 2. The van der Waals surface area contributed by atoms with Gasteiger partial charge < -0.3 is 19.2 Å². The maximum atomic E-state index is 12.7. The zero-order chi connectivity index (χ0) is 20.1. The monoisotopic (exact) mass is 400 g/mol. The van der Waals surface area contributed by atoms with Crippen LogP contribution in [0, 0.1) is 13.8 Å². The number of aromatic nitrogens is 1. The van der Waals surface area contributed by atoms with Gasteiger partial charge in [0.15, 0.2) is 17.4 Å². The molecule has 2 aromatic heterocycles. The number of hydrogen-bond donors (Lipinski definition) is 1. The molecule has 0 radical (unpaired) electrons. The lowest BCUT2D eigenvalue weighted by molar-refractivity contribution is -0.145. The third-order valence-electron chi connectivity index (χ3n) is 3.71. The number of thiazole rings is 1. The highest BCUT2D eigenvalue weighted by atomic mass is 32.1. The van der Waals surface area contributed by atoms with E-state index in [1.807, 2.05) is 19.1 Å². The van der Waals surface area contributed by atoms with Crippen LogP contribution in [0.15, 0.2) is 40.8 Å². The van der Waals surface area contributed by atoms with E-state index >= 15 is 0 Å². The van der Waals surface area contributed by atoms with Crippen molar-refractivity contribution < 1.29 is 23.5 Å². The number of aryl methyl sites for hydroxylation is 2. The summed E-state index contributed by atoms with van der Waals surface area (Å²) in [5.74, 6) is 1.16. The van der Waals surface area contributed by atoms with Gasteiger partial charge in [0.05, 0.1) is 12.3 Å². The molecule has 0 unspecified atom stereocenters. The van der Waals surface area contributed by atoms with E-state index in [0.717, 1.165) is 5.76 Å². The van der Waals surface area contributed by atoms with Crippen molar-refractivity contribution in [2.75, 3.05) is 18.5 Å². The third-order valence-corrected chi connectivity index (χ3v) is 4.88. The molecule has 0 saturated heterocycles. The summed E-state index contributed by atoms with van der Waals surface area (Å²) in [6.45, 7) is 5.48. The number of anilines is 1. The van der Waals surface area contributed by atoms with E-state index in [1.54, 1.807) is 38.1 Å². The quantitative estimate of drug-likeness (QED) is 0.597. The maximum absolute atomic E-state index is 12.7. The predicted octanol–water partition coefficient (Wildman–Crippen LogP) is 4.21. The van der Waals surface area contributed by atoms with Crippen molar-refractivity contribution in [2.24, 2.45) is 0 Å². The number of esters is 1. The highest BCUT2D eigenvalue weighted by Gasteiger charge is 2.18. The number of benzene rings is 1. The number of rotatable bonds is 7. The van der Waals surface area contributed by atoms with E-state index in [2.05, 4.69) is 10.3 Å². The molecule has 0 bridgehead atoms. The standard InChI is InChI=1S/C20H20N2O5S/c1-4-25-17(23)11-26-15-7-5-6-14(10-15)22-19(24)18-13(3)21-20(28-18)16-9-8-12(2)27-16/h5-10H,4,11H2,1-3H3,(H,22,24). The van der Waals surface area contributed by atoms with Crippen LogP contribution >= 0.6 is 11.3 Å². The average Bonchev–Trinajstić information content (AvgIpc) is 3.26. The number of hydrogen-bond acceptors (Lipinski definition) is 7. The smallest absolute Gasteiger partial charge is 0.344 e. The Labute approximate surface area is 166 Å². The summed E-state index contributed by atoms with van der Waals surface area (Å²) >= 11 is 1.27. The first kappa shape index (κ1) is 19.6. The molecule has 0 saturated carbocycles. The number of carbonyl (C=O) groups excluding carboxylic acids is 2. The van der Waals surface area contributed by atoms with E-state index < -0.39 is 5.97 Å². The second-order valence-electron chi connectivity index (χ2n) is 5.92. The second kappa shape index (κ2) is 8.71. The van der Waals surface area contributed by atoms with Crippen molar-refractivity contribution >= 4 is 28.9 Å². The van der Waals surface area contributed by atoms with E-state index in [-0.39, 0.29) is 12.5 Å². The van der Waals surface area contributed by atoms with Crippen molar-refractivity contribution in [3.63, 3.8) is 0 Å². The van der Waals surface area contributed by atoms with E-state index in [9.17, 15) is 9.59 Å². The fourth-order valence-corrected chi connectivity index (χ4v) is 3.38.